The number of rotatable bonds is 30. The molecule has 0 aliphatic carbocycles. The van der Waals surface area contributed by atoms with E-state index in [0.29, 0.717) is 90.0 Å². The summed E-state index contributed by atoms with van der Waals surface area (Å²) >= 11 is 0. The number of fused-ring (bicyclic) bond motifs is 10. The summed E-state index contributed by atoms with van der Waals surface area (Å²) < 4.78 is 718. The third-order valence-electron chi connectivity index (χ3n) is 18.7. The number of hydrogen-bond donors (Lipinski definition) is 10. The molecule has 10 aliphatic heterocycles. The molecule has 20 rings (SSSR count). The summed E-state index contributed by atoms with van der Waals surface area (Å²) in [5, 5.41) is 8.97. The summed E-state index contributed by atoms with van der Waals surface area (Å²) in [6.07, 6.45) is -8.63. The first-order chi connectivity index (χ1) is 99.9. The van der Waals surface area contributed by atoms with E-state index in [1.165, 1.54) is 107 Å². The maximum atomic E-state index is 8.21. The molecule has 30 heteroatoms. The number of likely N-dealkylation sites (N-methyl/N-ethyl adjacent to an activating group) is 10. The van der Waals surface area contributed by atoms with Crippen LogP contribution in [-0.4, -0.2) is 198 Å². The predicted molar refractivity (Wildman–Crippen MR) is 548 cm³/mol. The van der Waals surface area contributed by atoms with Crippen LogP contribution in [0.3, 0.4) is 0 Å². The molecule has 0 radical (unpaired) electrons. The summed E-state index contributed by atoms with van der Waals surface area (Å²) in [6.45, 7) is -58.7. The van der Waals surface area contributed by atoms with Gasteiger partial charge >= 0.3 is 0 Å². The minimum absolute atomic E-state index is 0.0100. The largest absolute Gasteiger partial charge is 0.454 e. The molecule has 10 atom stereocenters. The SMILES string of the molecule is [2H]C([2H])([2H])C([2H])(Cc1ccc2c(c1)OCO2)NC.[2H]C([2H])([2H])NC([2H])(Cc1ccc2c(c1)OC([2H])([2H])O2)C([2H])([2H])[2H].[2H]C([2H])([2H])NC([2H])(Cc1ccc2c(c1)OCO2)C([2H])([2H])[2H].[2H]C1([2H])Oc2ccc(CC([2H])(NC)C([2H])([2H])[2H])cc2O1.[2H]N(C([2H])([2H])[2H])C([2H])(Cc1ccc2c(c1)OC([2H])([2H])O2)C([2H])([2H])[2H].[2H]N(C([2H])([2H])[2H])C([2H])(Cc1ccc2c(c1)OCO2)C([2H])([2H])[2H].[2H]N(C)C([2H])(Cc1ccc2c(c1)OC([2H])([2H])O2)C([2H])([2H])[2H].[2H]N(C)C([2H])(Cc1ccc2c(c1)OCO2)C([2H])([2H])[2H].[2H]c1c([2H])c(C([2H])([2H])C(N([2H])C([2H])([2H])[2H])C([2H])([2H])[2H])c([2H])c2c1OC([2H])([2H])O2.[2H]c1c([2H])c(C([2H])([2H])C(N([2H])C([2H])([2H])[2H])C([2H])([2H])[2H])c([2H])c2c1OCO2. The number of ether oxygens (including phenoxy) is 20. The van der Waals surface area contributed by atoms with Gasteiger partial charge in [0.1, 0.15) is 22.2 Å². The molecule has 0 amide bonds. The minimum atomic E-state index is -3.37. The highest BCUT2D eigenvalue weighted by atomic mass is 16.7. The van der Waals surface area contributed by atoms with E-state index in [-0.39, 0.29) is 145 Å². The van der Waals surface area contributed by atoms with E-state index in [2.05, 4.69) is 10.6 Å². The monoisotopic (exact) mass is 2010 g/mol. The molecular formula is C110H150N10O20. The van der Waals surface area contributed by atoms with Crippen LogP contribution in [0.5, 0.6) is 115 Å². The second-order valence-electron chi connectivity index (χ2n) is 28.4. The second-order valence-corrected chi connectivity index (χ2v) is 28.4. The van der Waals surface area contributed by atoms with Gasteiger partial charge in [-0.1, -0.05) is 60.6 Å². The van der Waals surface area contributed by atoms with Crippen LogP contribution in [0.15, 0.2) is 182 Å². The third kappa shape index (κ3) is 34.6. The van der Waals surface area contributed by atoms with Crippen molar-refractivity contribution in [3.8, 4) is 115 Å². The molecule has 10 N–H and O–H groups in total. The van der Waals surface area contributed by atoms with Crippen LogP contribution < -0.4 is 148 Å². The van der Waals surface area contributed by atoms with Gasteiger partial charge in [-0.2, -0.15) is 0 Å². The van der Waals surface area contributed by atoms with E-state index in [9.17, 15) is 0 Å². The Labute approximate surface area is 944 Å². The van der Waals surface area contributed by atoms with E-state index in [1.54, 1.807) is 66.7 Å². The summed E-state index contributed by atoms with van der Waals surface area (Å²) in [5.41, 5.74) is 1.80. The van der Waals surface area contributed by atoms with Crippen molar-refractivity contribution in [3.05, 3.63) is 237 Å². The van der Waals surface area contributed by atoms with E-state index in [4.69, 9.17) is 207 Å². The van der Waals surface area contributed by atoms with E-state index >= 15 is 0 Å². The van der Waals surface area contributed by atoms with Crippen molar-refractivity contribution in [2.75, 3.05) is 138 Å². The first-order valence-electron chi connectivity index (χ1n) is 81.6. The molecular weight excluding hydrogens is 1780 g/mol. The fraction of sp³-hybridized carbons (Fsp3) is 0.455. The maximum Gasteiger partial charge on any atom is 0.231 e. The number of hydrogen-bond acceptors (Lipinski definition) is 30. The van der Waals surface area contributed by atoms with E-state index in [1.807, 2.05) is 10.6 Å². The zero-order valence-electron chi connectivity index (χ0n) is 157. The van der Waals surface area contributed by atoms with Gasteiger partial charge in [-0.25, -0.2) is 0 Å². The van der Waals surface area contributed by atoms with Crippen molar-refractivity contribution < 1.29 is 207 Å². The topological polar surface area (TPSA) is 305 Å². The smallest absolute Gasteiger partial charge is 0.231 e. The first kappa shape index (κ1) is 42.5. The first-order valence-corrected chi connectivity index (χ1v) is 40.9. The average molecular weight is 2010 g/mol. The Morgan fingerprint density at radius 3 is 0.714 bits per heavy atom. The zero-order chi connectivity index (χ0) is 170. The quantitative estimate of drug-likeness (QED) is 0.0200. The summed E-state index contributed by atoms with van der Waals surface area (Å²) in [5.74, 6) is 3.48. The number of benzene rings is 10. The van der Waals surface area contributed by atoms with Crippen LogP contribution in [0.4, 0.5) is 0 Å². The molecule has 10 heterocycles. The Morgan fingerprint density at radius 2 is 0.450 bits per heavy atom. The van der Waals surface area contributed by atoms with E-state index < -0.39 is 301 Å². The van der Waals surface area contributed by atoms with Crippen molar-refractivity contribution in [1.29, 1.82) is 0 Å². The Balaban J connectivity index is 0.000000225. The van der Waals surface area contributed by atoms with Crippen molar-refractivity contribution in [1.82, 2.24) is 53.1 Å². The minimum Gasteiger partial charge on any atom is -0.454 e. The lowest BCUT2D eigenvalue weighted by molar-refractivity contribution is 0.173. The van der Waals surface area contributed by atoms with Gasteiger partial charge in [-0.15, -0.1) is 0 Å². The lowest BCUT2D eigenvalue weighted by atomic mass is 10.1. The second kappa shape index (κ2) is 56.9. The van der Waals surface area contributed by atoms with Gasteiger partial charge < -0.3 is 148 Å². The van der Waals surface area contributed by atoms with Crippen LogP contribution >= 0.6 is 0 Å². The molecule has 0 aromatic heterocycles. The van der Waals surface area contributed by atoms with Crippen LogP contribution in [0, 0.1) is 0 Å². The fourth-order valence-corrected chi connectivity index (χ4v) is 11.9. The zero-order valence-corrected chi connectivity index (χ0v) is 74.6. The molecule has 0 fully saturated rings. The fourth-order valence-electron chi connectivity index (χ4n) is 11.9. The highest BCUT2D eigenvalue weighted by Crippen LogP contribution is 2.41. The molecule has 10 unspecified atom stereocenters. The predicted octanol–water partition coefficient (Wildman–Crippen LogP) is 15.7. The Bertz CT molecular complexity index is 9200. The maximum absolute atomic E-state index is 8.21. The van der Waals surface area contributed by atoms with Gasteiger partial charge in [-0.05, 0) is 380 Å². The van der Waals surface area contributed by atoms with Crippen molar-refractivity contribution in [2.24, 2.45) is 0 Å². The van der Waals surface area contributed by atoms with Crippen LogP contribution in [0.1, 0.15) is 228 Å². The normalized spacial score (nSPS) is 29.6. The van der Waals surface area contributed by atoms with Crippen molar-refractivity contribution in [2.45, 2.75) is 193 Å². The Morgan fingerprint density at radius 1 is 0.236 bits per heavy atom. The standard InChI is InChI=1S/10C11H15NO2/c10*1-8(12-2)5-9-3-4-10-11(6-9)14-7-13-10/h10*3-4,6,8,12H,5,7H2,1-2H3/i1D3,2D3,3D,4D,5D2,6D,7D2;1D3,2D3,3D,4D,5D2,6D;2*1D3,2D3,7D2,8D;2*1D3,7D2,8D;2*1D3,2D3,8D;2*1D3,8D/hD6. The van der Waals surface area contributed by atoms with Gasteiger partial charge in [0.25, 0.3) is 0 Å². The molecule has 10 aromatic rings. The summed E-state index contributed by atoms with van der Waals surface area (Å²) in [7, 11) is 5.38. The lowest BCUT2D eigenvalue weighted by Gasteiger charge is -2.10. The van der Waals surface area contributed by atoms with Crippen molar-refractivity contribution in [3.63, 3.8) is 0 Å². The average Bonchev–Trinajstić information content (AvgIpc) is 1.47. The Kier molecular flexibility index (Phi) is 17.3. The number of nitrogens with one attached hydrogen (secondary N) is 10. The van der Waals surface area contributed by atoms with Gasteiger partial charge in [-0.3, -0.25) is 0 Å². The molecule has 10 aromatic carbocycles. The lowest BCUT2D eigenvalue weighted by Crippen LogP contribution is -2.23. The molecule has 30 nitrogen and oxygen atoms in total. The molecule has 0 saturated carbocycles. The van der Waals surface area contributed by atoms with Crippen LogP contribution in [0.2, 0.25) is 8.47 Å². The molecule has 0 bridgehead atoms. The third-order valence-corrected chi connectivity index (χ3v) is 18.7. The van der Waals surface area contributed by atoms with Gasteiger partial charge in [0, 0.05) is 142 Å². The highest BCUT2D eigenvalue weighted by Gasteiger charge is 2.24. The van der Waals surface area contributed by atoms with Crippen LogP contribution in [-0.2, 0) is 64.1 Å². The summed E-state index contributed by atoms with van der Waals surface area (Å²) in [6, 6.07) is 8.67. The molecule has 10 aliphatic rings. The molecule has 760 valence electrons. The molecule has 0 saturated heterocycles. The molecule has 140 heavy (non-hydrogen) atoms. The summed E-state index contributed by atoms with van der Waals surface area (Å²) in [4.78, 5) is 0. The van der Waals surface area contributed by atoms with Gasteiger partial charge in [0.2, 0.25) is 67.7 Å². The molecule has 0 spiro atoms. The Hall–Kier alpha value is -12.2. The highest BCUT2D eigenvalue weighted by molar-refractivity contribution is 5.52. The van der Waals surface area contributed by atoms with Crippen LogP contribution in [0.25, 0.3) is 0 Å². The van der Waals surface area contributed by atoms with Crippen molar-refractivity contribution >= 4 is 0 Å². The van der Waals surface area contributed by atoms with E-state index in [0.717, 1.165) is 5.56 Å². The van der Waals surface area contributed by atoms with Gasteiger partial charge in [0.15, 0.2) is 115 Å². The van der Waals surface area contributed by atoms with Gasteiger partial charge in [0.05, 0.1) is 8.22 Å².